The number of hydrazine groups is 1. The molecular weight excluding hydrogens is 242 g/mol. The lowest BCUT2D eigenvalue weighted by molar-refractivity contribution is 0.254. The second kappa shape index (κ2) is 6.68. The van der Waals surface area contributed by atoms with E-state index in [1.54, 1.807) is 0 Å². The molecule has 1 aromatic heterocycles. The number of anilines is 2. The van der Waals surface area contributed by atoms with Crippen LogP contribution in [0.25, 0.3) is 0 Å². The summed E-state index contributed by atoms with van der Waals surface area (Å²) in [5.74, 6) is 7.10. The van der Waals surface area contributed by atoms with Gasteiger partial charge >= 0.3 is 0 Å². The van der Waals surface area contributed by atoms with Crippen molar-refractivity contribution < 1.29 is 5.11 Å². The van der Waals surface area contributed by atoms with Crippen LogP contribution in [0.2, 0.25) is 0 Å². The predicted molar refractivity (Wildman–Crippen MR) is 75.9 cm³/mol. The summed E-state index contributed by atoms with van der Waals surface area (Å²) in [6, 6.07) is 0.147. The Kier molecular flexibility index (Phi) is 4.93. The van der Waals surface area contributed by atoms with E-state index in [2.05, 4.69) is 27.2 Å². The number of aliphatic hydroxyl groups excluding tert-OH is 1. The van der Waals surface area contributed by atoms with Gasteiger partial charge in [0.1, 0.15) is 18.0 Å². The van der Waals surface area contributed by atoms with E-state index >= 15 is 0 Å². The van der Waals surface area contributed by atoms with Gasteiger partial charge < -0.3 is 15.4 Å². The molecule has 4 N–H and O–H groups in total. The van der Waals surface area contributed by atoms with Crippen LogP contribution in [0.5, 0.6) is 0 Å². The van der Waals surface area contributed by atoms with Gasteiger partial charge in [-0.3, -0.25) is 0 Å². The van der Waals surface area contributed by atoms with Crippen molar-refractivity contribution in [3.63, 3.8) is 0 Å². The summed E-state index contributed by atoms with van der Waals surface area (Å²) < 4.78 is 0. The Morgan fingerprint density at radius 1 is 1.42 bits per heavy atom. The molecule has 6 nitrogen and oxygen atoms in total. The van der Waals surface area contributed by atoms with E-state index in [4.69, 9.17) is 5.84 Å². The normalized spacial score (nSPS) is 20.2. The molecule has 0 aromatic carbocycles. The number of hydrogen-bond acceptors (Lipinski definition) is 6. The Morgan fingerprint density at radius 2 is 2.26 bits per heavy atom. The van der Waals surface area contributed by atoms with Crippen LogP contribution in [0.15, 0.2) is 6.33 Å². The second-order valence-electron chi connectivity index (χ2n) is 4.90. The SMILES string of the molecule is CCc1c(NN)ncnc1N1CCCCCC1CO. The number of nitrogens with zero attached hydrogens (tertiary/aromatic N) is 3. The number of nitrogen functional groups attached to an aromatic ring is 1. The largest absolute Gasteiger partial charge is 0.394 e. The lowest BCUT2D eigenvalue weighted by Crippen LogP contribution is -2.39. The Hall–Kier alpha value is -1.40. The van der Waals surface area contributed by atoms with Crippen LogP contribution >= 0.6 is 0 Å². The zero-order valence-electron chi connectivity index (χ0n) is 11.5. The molecular formula is C13H23N5O. The molecule has 1 aliphatic rings. The van der Waals surface area contributed by atoms with E-state index in [9.17, 15) is 5.11 Å². The van der Waals surface area contributed by atoms with Gasteiger partial charge in [0.15, 0.2) is 0 Å². The molecule has 1 aliphatic heterocycles. The van der Waals surface area contributed by atoms with Gasteiger partial charge in [-0.25, -0.2) is 15.8 Å². The molecule has 1 atom stereocenters. The average Bonchev–Trinajstić information content (AvgIpc) is 2.71. The van der Waals surface area contributed by atoms with Gasteiger partial charge in [-0.2, -0.15) is 0 Å². The molecule has 0 spiro atoms. The highest BCUT2D eigenvalue weighted by Gasteiger charge is 2.24. The molecule has 0 amide bonds. The Balaban J connectivity index is 2.37. The fraction of sp³-hybridized carbons (Fsp3) is 0.692. The summed E-state index contributed by atoms with van der Waals surface area (Å²) in [5, 5.41) is 9.61. The highest BCUT2D eigenvalue weighted by molar-refractivity contribution is 5.58. The molecule has 0 saturated carbocycles. The van der Waals surface area contributed by atoms with Gasteiger partial charge in [-0.15, -0.1) is 0 Å². The van der Waals surface area contributed by atoms with Crippen molar-refractivity contribution in [1.29, 1.82) is 0 Å². The summed E-state index contributed by atoms with van der Waals surface area (Å²) in [6.45, 7) is 3.16. The van der Waals surface area contributed by atoms with Crippen LogP contribution in [-0.2, 0) is 6.42 Å². The van der Waals surface area contributed by atoms with Gasteiger partial charge in [0.25, 0.3) is 0 Å². The number of hydrogen-bond donors (Lipinski definition) is 3. The number of aromatic nitrogens is 2. The first-order chi connectivity index (χ1) is 9.31. The molecule has 6 heteroatoms. The Bertz CT molecular complexity index is 412. The standard InChI is InChI=1S/C13H23N5O/c1-2-11-12(17-14)15-9-16-13(11)18-7-5-3-4-6-10(18)8-19/h9-10,19H,2-8,14H2,1H3,(H,15,16,17). The molecule has 1 saturated heterocycles. The zero-order valence-corrected chi connectivity index (χ0v) is 11.5. The minimum Gasteiger partial charge on any atom is -0.394 e. The third kappa shape index (κ3) is 2.96. The van der Waals surface area contributed by atoms with Gasteiger partial charge in [0.05, 0.1) is 12.6 Å². The van der Waals surface area contributed by atoms with Gasteiger partial charge in [0.2, 0.25) is 0 Å². The van der Waals surface area contributed by atoms with Crippen molar-refractivity contribution in [2.75, 3.05) is 23.5 Å². The smallest absolute Gasteiger partial charge is 0.148 e. The highest BCUT2D eigenvalue weighted by Crippen LogP contribution is 2.28. The molecule has 2 heterocycles. The summed E-state index contributed by atoms with van der Waals surface area (Å²) >= 11 is 0. The molecule has 1 aromatic rings. The highest BCUT2D eigenvalue weighted by atomic mass is 16.3. The first kappa shape index (κ1) is 14.0. The van der Waals surface area contributed by atoms with E-state index in [1.807, 2.05) is 0 Å². The molecule has 1 unspecified atom stereocenters. The topological polar surface area (TPSA) is 87.3 Å². The Morgan fingerprint density at radius 3 is 2.95 bits per heavy atom. The van der Waals surface area contributed by atoms with Crippen molar-refractivity contribution in [1.82, 2.24) is 9.97 Å². The molecule has 106 valence electrons. The van der Waals surface area contributed by atoms with Crippen molar-refractivity contribution >= 4 is 11.6 Å². The van der Waals surface area contributed by atoms with E-state index in [1.165, 1.54) is 12.7 Å². The number of nitrogens with two attached hydrogens (primary N) is 1. The zero-order chi connectivity index (χ0) is 13.7. The lowest BCUT2D eigenvalue weighted by atomic mass is 10.1. The Labute approximate surface area is 114 Å². The van der Waals surface area contributed by atoms with Gasteiger partial charge in [0, 0.05) is 12.1 Å². The average molecular weight is 265 g/mol. The van der Waals surface area contributed by atoms with E-state index in [0.717, 1.165) is 43.6 Å². The van der Waals surface area contributed by atoms with E-state index < -0.39 is 0 Å². The van der Waals surface area contributed by atoms with Gasteiger partial charge in [-0.05, 0) is 19.3 Å². The second-order valence-corrected chi connectivity index (χ2v) is 4.90. The first-order valence-corrected chi connectivity index (χ1v) is 6.99. The third-order valence-corrected chi connectivity index (χ3v) is 3.77. The molecule has 0 aliphatic carbocycles. The fourth-order valence-corrected chi connectivity index (χ4v) is 2.75. The summed E-state index contributed by atoms with van der Waals surface area (Å²) in [7, 11) is 0. The van der Waals surface area contributed by atoms with E-state index in [-0.39, 0.29) is 12.6 Å². The first-order valence-electron chi connectivity index (χ1n) is 6.99. The van der Waals surface area contributed by atoms with Crippen molar-refractivity contribution in [3.8, 4) is 0 Å². The van der Waals surface area contributed by atoms with Crippen LogP contribution in [0.1, 0.15) is 38.2 Å². The van der Waals surface area contributed by atoms with Crippen LogP contribution in [0.4, 0.5) is 11.6 Å². The minimum atomic E-state index is 0.147. The summed E-state index contributed by atoms with van der Waals surface area (Å²) in [5.41, 5.74) is 3.65. The molecule has 0 radical (unpaired) electrons. The number of nitrogens with one attached hydrogen (secondary N) is 1. The minimum absolute atomic E-state index is 0.147. The summed E-state index contributed by atoms with van der Waals surface area (Å²) in [4.78, 5) is 10.8. The third-order valence-electron chi connectivity index (χ3n) is 3.77. The molecule has 19 heavy (non-hydrogen) atoms. The lowest BCUT2D eigenvalue weighted by Gasteiger charge is -2.31. The molecule has 2 rings (SSSR count). The van der Waals surface area contributed by atoms with Crippen LogP contribution in [0, 0.1) is 0 Å². The maximum absolute atomic E-state index is 9.61. The monoisotopic (exact) mass is 265 g/mol. The quantitative estimate of drug-likeness (QED) is 0.557. The number of rotatable bonds is 4. The summed E-state index contributed by atoms with van der Waals surface area (Å²) in [6.07, 6.45) is 6.86. The molecule has 1 fully saturated rings. The van der Waals surface area contributed by atoms with Gasteiger partial charge in [-0.1, -0.05) is 19.8 Å². The van der Waals surface area contributed by atoms with Crippen molar-refractivity contribution in [2.24, 2.45) is 5.84 Å². The van der Waals surface area contributed by atoms with Crippen LogP contribution in [0.3, 0.4) is 0 Å². The predicted octanol–water partition coefficient (Wildman–Crippen LogP) is 1.07. The maximum atomic E-state index is 9.61. The van der Waals surface area contributed by atoms with Crippen molar-refractivity contribution in [3.05, 3.63) is 11.9 Å². The van der Waals surface area contributed by atoms with Crippen LogP contribution < -0.4 is 16.2 Å². The maximum Gasteiger partial charge on any atom is 0.148 e. The van der Waals surface area contributed by atoms with E-state index in [0.29, 0.717) is 5.82 Å². The fourth-order valence-electron chi connectivity index (χ4n) is 2.75. The number of aliphatic hydroxyl groups is 1. The van der Waals surface area contributed by atoms with Crippen molar-refractivity contribution in [2.45, 2.75) is 45.1 Å². The van der Waals surface area contributed by atoms with Crippen LogP contribution in [-0.4, -0.2) is 34.3 Å². The molecule has 0 bridgehead atoms.